The standard InChI is InChI=1S/C15H19N5O2/c1-16-15(18-9-12-5-7-19-20-12)17-6-4-11-2-3-13-14(8-11)22-10-21-13/h2-3,5,7-8H,4,6,9-10H2,1H3,(H,19,20)(H2,16,17,18). The molecule has 0 fully saturated rings. The Kier molecular flexibility index (Phi) is 4.43. The molecule has 22 heavy (non-hydrogen) atoms. The molecule has 116 valence electrons. The zero-order valence-electron chi connectivity index (χ0n) is 12.4. The maximum absolute atomic E-state index is 5.38. The van der Waals surface area contributed by atoms with Gasteiger partial charge in [-0.25, -0.2) is 0 Å². The molecular weight excluding hydrogens is 282 g/mol. The first kappa shape index (κ1) is 14.2. The minimum Gasteiger partial charge on any atom is -0.454 e. The molecule has 0 bridgehead atoms. The van der Waals surface area contributed by atoms with Crippen molar-refractivity contribution in [2.75, 3.05) is 20.4 Å². The van der Waals surface area contributed by atoms with E-state index in [-0.39, 0.29) is 0 Å². The summed E-state index contributed by atoms with van der Waals surface area (Å²) in [6, 6.07) is 7.94. The number of fused-ring (bicyclic) bond motifs is 1. The number of rotatable bonds is 5. The molecule has 1 aliphatic heterocycles. The average Bonchev–Trinajstić information content (AvgIpc) is 3.21. The number of hydrogen-bond donors (Lipinski definition) is 3. The number of nitrogens with zero attached hydrogens (tertiary/aromatic N) is 2. The number of aliphatic imine (C=N–C) groups is 1. The topological polar surface area (TPSA) is 83.6 Å². The van der Waals surface area contributed by atoms with Gasteiger partial charge in [-0.3, -0.25) is 10.1 Å². The van der Waals surface area contributed by atoms with Crippen LogP contribution in [0.1, 0.15) is 11.3 Å². The molecule has 0 saturated carbocycles. The molecule has 0 spiro atoms. The lowest BCUT2D eigenvalue weighted by molar-refractivity contribution is 0.174. The molecule has 1 aliphatic rings. The van der Waals surface area contributed by atoms with Crippen molar-refractivity contribution in [3.05, 3.63) is 41.7 Å². The highest BCUT2D eigenvalue weighted by Gasteiger charge is 2.12. The van der Waals surface area contributed by atoms with E-state index in [4.69, 9.17) is 9.47 Å². The van der Waals surface area contributed by atoms with Crippen LogP contribution >= 0.6 is 0 Å². The van der Waals surface area contributed by atoms with Crippen molar-refractivity contribution in [3.8, 4) is 11.5 Å². The second-order valence-corrected chi connectivity index (χ2v) is 4.87. The highest BCUT2D eigenvalue weighted by molar-refractivity contribution is 5.79. The average molecular weight is 301 g/mol. The van der Waals surface area contributed by atoms with Crippen molar-refractivity contribution in [3.63, 3.8) is 0 Å². The Balaban J connectivity index is 1.45. The fourth-order valence-corrected chi connectivity index (χ4v) is 2.20. The molecule has 0 radical (unpaired) electrons. The number of aromatic amines is 1. The molecule has 2 aromatic rings. The van der Waals surface area contributed by atoms with Crippen molar-refractivity contribution in [2.24, 2.45) is 4.99 Å². The number of aromatic nitrogens is 2. The zero-order valence-corrected chi connectivity index (χ0v) is 12.4. The Morgan fingerprint density at radius 3 is 3.00 bits per heavy atom. The molecule has 0 atom stereocenters. The van der Waals surface area contributed by atoms with Crippen LogP contribution in [0, 0.1) is 0 Å². The number of benzene rings is 1. The van der Waals surface area contributed by atoms with Gasteiger partial charge < -0.3 is 20.1 Å². The molecule has 3 N–H and O–H groups in total. The van der Waals surface area contributed by atoms with Crippen LogP contribution in [0.25, 0.3) is 0 Å². The molecule has 7 nitrogen and oxygen atoms in total. The molecule has 0 unspecified atom stereocenters. The van der Waals surface area contributed by atoms with E-state index in [0.29, 0.717) is 13.3 Å². The van der Waals surface area contributed by atoms with Gasteiger partial charge in [-0.1, -0.05) is 6.07 Å². The Morgan fingerprint density at radius 2 is 2.18 bits per heavy atom. The number of guanidine groups is 1. The first-order valence-corrected chi connectivity index (χ1v) is 7.16. The predicted molar refractivity (Wildman–Crippen MR) is 83.1 cm³/mol. The lowest BCUT2D eigenvalue weighted by Gasteiger charge is -2.11. The lowest BCUT2D eigenvalue weighted by Crippen LogP contribution is -2.37. The molecule has 0 amide bonds. The van der Waals surface area contributed by atoms with Crippen LogP contribution in [-0.2, 0) is 13.0 Å². The van der Waals surface area contributed by atoms with Crippen molar-refractivity contribution >= 4 is 5.96 Å². The Bertz CT molecular complexity index is 639. The van der Waals surface area contributed by atoms with Crippen LogP contribution in [0.3, 0.4) is 0 Å². The molecule has 7 heteroatoms. The summed E-state index contributed by atoms with van der Waals surface area (Å²) in [5, 5.41) is 13.3. The van der Waals surface area contributed by atoms with E-state index >= 15 is 0 Å². The molecule has 2 heterocycles. The van der Waals surface area contributed by atoms with Gasteiger partial charge in [0.05, 0.1) is 12.2 Å². The normalized spacial score (nSPS) is 13.2. The minimum absolute atomic E-state index is 0.307. The summed E-state index contributed by atoms with van der Waals surface area (Å²) >= 11 is 0. The fraction of sp³-hybridized carbons (Fsp3) is 0.333. The van der Waals surface area contributed by atoms with Crippen LogP contribution in [-0.4, -0.2) is 36.5 Å². The van der Waals surface area contributed by atoms with E-state index in [9.17, 15) is 0 Å². The van der Waals surface area contributed by atoms with E-state index in [0.717, 1.165) is 36.1 Å². The van der Waals surface area contributed by atoms with Crippen LogP contribution in [0.15, 0.2) is 35.5 Å². The van der Waals surface area contributed by atoms with Gasteiger partial charge in [0.1, 0.15) is 0 Å². The summed E-state index contributed by atoms with van der Waals surface area (Å²) in [7, 11) is 1.75. The summed E-state index contributed by atoms with van der Waals surface area (Å²) in [4.78, 5) is 4.19. The van der Waals surface area contributed by atoms with Crippen molar-refractivity contribution in [1.82, 2.24) is 20.8 Å². The third-order valence-electron chi connectivity index (χ3n) is 3.37. The summed E-state index contributed by atoms with van der Waals surface area (Å²) in [5.74, 6) is 2.39. The predicted octanol–water partition coefficient (Wildman–Crippen LogP) is 1.05. The highest BCUT2D eigenvalue weighted by atomic mass is 16.7. The van der Waals surface area contributed by atoms with Gasteiger partial charge in [-0.05, 0) is 30.2 Å². The van der Waals surface area contributed by atoms with Gasteiger partial charge >= 0.3 is 0 Å². The first-order valence-electron chi connectivity index (χ1n) is 7.16. The zero-order chi connectivity index (χ0) is 15.2. The number of nitrogens with one attached hydrogen (secondary N) is 3. The second kappa shape index (κ2) is 6.84. The second-order valence-electron chi connectivity index (χ2n) is 4.87. The summed E-state index contributed by atoms with van der Waals surface area (Å²) in [6.07, 6.45) is 2.61. The molecule has 0 saturated heterocycles. The molecule has 1 aromatic heterocycles. The van der Waals surface area contributed by atoms with E-state index in [1.807, 2.05) is 18.2 Å². The molecular formula is C15H19N5O2. The smallest absolute Gasteiger partial charge is 0.231 e. The van der Waals surface area contributed by atoms with Crippen LogP contribution in [0.2, 0.25) is 0 Å². The molecule has 0 aliphatic carbocycles. The van der Waals surface area contributed by atoms with Gasteiger partial charge in [0.25, 0.3) is 0 Å². The summed E-state index contributed by atoms with van der Waals surface area (Å²) < 4.78 is 10.7. The van der Waals surface area contributed by atoms with Crippen LogP contribution < -0.4 is 20.1 Å². The van der Waals surface area contributed by atoms with Gasteiger partial charge in [0, 0.05) is 19.8 Å². The first-order chi connectivity index (χ1) is 10.8. The van der Waals surface area contributed by atoms with E-state index < -0.39 is 0 Å². The minimum atomic E-state index is 0.307. The van der Waals surface area contributed by atoms with E-state index in [2.05, 4.69) is 31.9 Å². The maximum Gasteiger partial charge on any atom is 0.231 e. The van der Waals surface area contributed by atoms with Gasteiger partial charge in [-0.15, -0.1) is 0 Å². The number of H-pyrrole nitrogens is 1. The van der Waals surface area contributed by atoms with Gasteiger partial charge in [0.15, 0.2) is 17.5 Å². The number of ether oxygens (including phenoxy) is 2. The van der Waals surface area contributed by atoms with E-state index in [1.165, 1.54) is 5.56 Å². The van der Waals surface area contributed by atoms with Crippen LogP contribution in [0.4, 0.5) is 0 Å². The van der Waals surface area contributed by atoms with E-state index in [1.54, 1.807) is 13.2 Å². The van der Waals surface area contributed by atoms with Crippen LogP contribution in [0.5, 0.6) is 11.5 Å². The third-order valence-corrected chi connectivity index (χ3v) is 3.37. The monoisotopic (exact) mass is 301 g/mol. The van der Waals surface area contributed by atoms with Crippen molar-refractivity contribution < 1.29 is 9.47 Å². The maximum atomic E-state index is 5.38. The Morgan fingerprint density at radius 1 is 1.27 bits per heavy atom. The molecule has 3 rings (SSSR count). The number of hydrogen-bond acceptors (Lipinski definition) is 4. The third kappa shape index (κ3) is 3.49. The van der Waals surface area contributed by atoms with Crippen molar-refractivity contribution in [1.29, 1.82) is 0 Å². The summed E-state index contributed by atoms with van der Waals surface area (Å²) in [6.45, 7) is 1.74. The molecule has 1 aromatic carbocycles. The summed E-state index contributed by atoms with van der Waals surface area (Å²) in [5.41, 5.74) is 2.21. The SMILES string of the molecule is CN=C(NCCc1ccc2c(c1)OCO2)NCc1ccn[nH]1. The fourth-order valence-electron chi connectivity index (χ4n) is 2.20. The van der Waals surface area contributed by atoms with Gasteiger partial charge in [0.2, 0.25) is 6.79 Å². The highest BCUT2D eigenvalue weighted by Crippen LogP contribution is 2.32. The van der Waals surface area contributed by atoms with Crippen molar-refractivity contribution in [2.45, 2.75) is 13.0 Å². The lowest BCUT2D eigenvalue weighted by atomic mass is 10.1. The largest absolute Gasteiger partial charge is 0.454 e. The van der Waals surface area contributed by atoms with Gasteiger partial charge in [-0.2, -0.15) is 5.10 Å². The quantitative estimate of drug-likeness (QED) is 0.568. The Labute approximate surface area is 128 Å². The Hall–Kier alpha value is -2.70.